The highest BCUT2D eigenvalue weighted by molar-refractivity contribution is 5.76. The van der Waals surface area contributed by atoms with Crippen LogP contribution in [0.3, 0.4) is 0 Å². The highest BCUT2D eigenvalue weighted by Gasteiger charge is 2.26. The molecule has 2 aromatic rings. The fraction of sp³-hybridized carbons (Fsp3) is 0.556. The van der Waals surface area contributed by atoms with Crippen LogP contribution in [0.4, 0.5) is 5.82 Å². The molecule has 2 fully saturated rings. The molecule has 138 valence electrons. The molecular weight excluding hydrogens is 332 g/mol. The van der Waals surface area contributed by atoms with E-state index in [1.807, 2.05) is 19.2 Å². The Hall–Kier alpha value is -2.64. The number of carbonyl (C=O) groups excluding carboxylic acids is 1. The number of hydrogen-bond acceptors (Lipinski definition) is 5. The molecule has 8 heteroatoms. The van der Waals surface area contributed by atoms with Crippen LogP contribution >= 0.6 is 0 Å². The van der Waals surface area contributed by atoms with Crippen LogP contribution in [-0.4, -0.2) is 44.6 Å². The van der Waals surface area contributed by atoms with Crippen LogP contribution in [0.2, 0.25) is 0 Å². The van der Waals surface area contributed by atoms with Gasteiger partial charge in [-0.15, -0.1) is 0 Å². The van der Waals surface area contributed by atoms with E-state index >= 15 is 0 Å². The molecule has 1 atom stereocenters. The number of nitrogens with zero attached hydrogens (tertiary/aromatic N) is 5. The van der Waals surface area contributed by atoms with E-state index in [0.717, 1.165) is 24.5 Å². The molecule has 1 N–H and O–H groups in total. The highest BCUT2D eigenvalue weighted by Crippen LogP contribution is 2.30. The minimum atomic E-state index is -0.0424. The molecular formula is C18H24N6O2. The minimum Gasteiger partial charge on any atom is -0.353 e. The third-order valence-corrected chi connectivity index (χ3v) is 4.94. The summed E-state index contributed by atoms with van der Waals surface area (Å²) in [5.41, 5.74) is 0.858. The van der Waals surface area contributed by atoms with Gasteiger partial charge in [-0.1, -0.05) is 0 Å². The molecule has 0 bridgehead atoms. The summed E-state index contributed by atoms with van der Waals surface area (Å²) in [4.78, 5) is 26.3. The Morgan fingerprint density at radius 3 is 2.81 bits per heavy atom. The summed E-state index contributed by atoms with van der Waals surface area (Å²) >= 11 is 0. The van der Waals surface area contributed by atoms with E-state index < -0.39 is 0 Å². The van der Waals surface area contributed by atoms with Gasteiger partial charge in [0.1, 0.15) is 12.4 Å². The van der Waals surface area contributed by atoms with Gasteiger partial charge in [0.25, 0.3) is 5.56 Å². The Kier molecular flexibility index (Phi) is 4.48. The maximum absolute atomic E-state index is 12.2. The summed E-state index contributed by atoms with van der Waals surface area (Å²) in [5.74, 6) is 1.38. The average molecular weight is 356 g/mol. The molecule has 2 aromatic heterocycles. The van der Waals surface area contributed by atoms with Crippen LogP contribution in [0.15, 0.2) is 29.2 Å². The van der Waals surface area contributed by atoms with E-state index in [4.69, 9.17) is 0 Å². The van der Waals surface area contributed by atoms with Gasteiger partial charge in [0.2, 0.25) is 5.91 Å². The van der Waals surface area contributed by atoms with Crippen molar-refractivity contribution in [2.45, 2.75) is 45.3 Å². The second-order valence-electron chi connectivity index (χ2n) is 7.31. The summed E-state index contributed by atoms with van der Waals surface area (Å²) < 4.78 is 3.23. The number of aryl methyl sites for hydroxylation is 1. The molecule has 1 unspecified atom stereocenters. The van der Waals surface area contributed by atoms with Gasteiger partial charge >= 0.3 is 0 Å². The van der Waals surface area contributed by atoms with E-state index in [0.29, 0.717) is 19.0 Å². The van der Waals surface area contributed by atoms with Crippen molar-refractivity contribution in [1.29, 1.82) is 0 Å². The third-order valence-electron chi connectivity index (χ3n) is 4.94. The van der Waals surface area contributed by atoms with Crippen molar-refractivity contribution in [2.75, 3.05) is 18.0 Å². The SMILES string of the molecule is Cc1ccn(CC(=O)NC2CCN(c3ccc(=O)n(CC4CC4)n3)C2)n1. The Balaban J connectivity index is 1.34. The topological polar surface area (TPSA) is 85.0 Å². The Morgan fingerprint density at radius 1 is 1.23 bits per heavy atom. The smallest absolute Gasteiger partial charge is 0.266 e. The third kappa shape index (κ3) is 3.95. The van der Waals surface area contributed by atoms with Crippen molar-refractivity contribution < 1.29 is 4.79 Å². The van der Waals surface area contributed by atoms with Gasteiger partial charge in [-0.3, -0.25) is 14.3 Å². The summed E-state index contributed by atoms with van der Waals surface area (Å²) in [6.45, 7) is 4.37. The van der Waals surface area contributed by atoms with Crippen LogP contribution in [0.25, 0.3) is 0 Å². The van der Waals surface area contributed by atoms with Crippen molar-refractivity contribution in [3.8, 4) is 0 Å². The largest absolute Gasteiger partial charge is 0.353 e. The lowest BCUT2D eigenvalue weighted by Gasteiger charge is -2.18. The lowest BCUT2D eigenvalue weighted by Crippen LogP contribution is -2.39. The first-order valence-electron chi connectivity index (χ1n) is 9.19. The van der Waals surface area contributed by atoms with Crippen LogP contribution in [-0.2, 0) is 17.9 Å². The first kappa shape index (κ1) is 16.8. The molecule has 1 aliphatic heterocycles. The van der Waals surface area contributed by atoms with Crippen LogP contribution < -0.4 is 15.8 Å². The second-order valence-corrected chi connectivity index (χ2v) is 7.31. The minimum absolute atomic E-state index is 0.0355. The summed E-state index contributed by atoms with van der Waals surface area (Å²) in [6, 6.07) is 5.34. The molecule has 26 heavy (non-hydrogen) atoms. The monoisotopic (exact) mass is 356 g/mol. The molecule has 4 rings (SSSR count). The normalized spacial score (nSPS) is 19.7. The summed E-state index contributed by atoms with van der Waals surface area (Å²) in [7, 11) is 0. The van der Waals surface area contributed by atoms with E-state index in [1.54, 1.807) is 21.5 Å². The van der Waals surface area contributed by atoms with Crippen LogP contribution in [0.1, 0.15) is 25.0 Å². The first-order valence-corrected chi connectivity index (χ1v) is 9.19. The lowest BCUT2D eigenvalue weighted by atomic mass is 10.2. The number of hydrogen-bond donors (Lipinski definition) is 1. The van der Waals surface area contributed by atoms with Gasteiger partial charge in [-0.25, -0.2) is 4.68 Å². The average Bonchev–Trinajstić information content (AvgIpc) is 3.14. The number of carbonyl (C=O) groups is 1. The molecule has 0 spiro atoms. The van der Waals surface area contributed by atoms with Gasteiger partial charge in [0.05, 0.1) is 5.69 Å². The first-order chi connectivity index (χ1) is 12.6. The number of amides is 1. The van der Waals surface area contributed by atoms with Gasteiger partial charge in [-0.2, -0.15) is 10.2 Å². The van der Waals surface area contributed by atoms with Gasteiger partial charge in [-0.05, 0) is 44.2 Å². The van der Waals surface area contributed by atoms with Gasteiger partial charge in [0, 0.05) is 37.9 Å². The van der Waals surface area contributed by atoms with Gasteiger partial charge < -0.3 is 10.2 Å². The van der Waals surface area contributed by atoms with E-state index in [-0.39, 0.29) is 24.1 Å². The zero-order valence-corrected chi connectivity index (χ0v) is 15.0. The van der Waals surface area contributed by atoms with E-state index in [2.05, 4.69) is 20.4 Å². The molecule has 1 saturated carbocycles. The van der Waals surface area contributed by atoms with Crippen molar-refractivity contribution in [1.82, 2.24) is 24.9 Å². The fourth-order valence-corrected chi connectivity index (χ4v) is 3.34. The zero-order valence-electron chi connectivity index (χ0n) is 15.0. The molecule has 1 amide bonds. The number of rotatable bonds is 6. The van der Waals surface area contributed by atoms with Crippen molar-refractivity contribution in [2.24, 2.45) is 5.92 Å². The predicted molar refractivity (Wildman–Crippen MR) is 96.9 cm³/mol. The predicted octanol–water partition coefficient (Wildman–Crippen LogP) is 0.553. The molecule has 3 heterocycles. The van der Waals surface area contributed by atoms with Crippen LogP contribution in [0, 0.1) is 12.8 Å². The summed E-state index contributed by atoms with van der Waals surface area (Å²) in [6.07, 6.45) is 5.05. The maximum Gasteiger partial charge on any atom is 0.266 e. The second kappa shape index (κ2) is 6.93. The number of nitrogens with one attached hydrogen (secondary N) is 1. The maximum atomic E-state index is 12.2. The van der Waals surface area contributed by atoms with Crippen molar-refractivity contribution >= 4 is 11.7 Å². The molecule has 0 aromatic carbocycles. The molecule has 1 aliphatic carbocycles. The number of anilines is 1. The standard InChI is InChI=1S/C18H24N6O2/c1-13-6-9-23(20-13)12-17(25)19-15-7-8-22(11-15)16-4-5-18(26)24(21-16)10-14-2-3-14/h4-6,9,14-15H,2-3,7-8,10-12H2,1H3,(H,19,25). The van der Waals surface area contributed by atoms with Crippen molar-refractivity contribution in [3.05, 3.63) is 40.4 Å². The summed E-state index contributed by atoms with van der Waals surface area (Å²) in [5, 5.41) is 11.8. The zero-order chi connectivity index (χ0) is 18.1. The van der Waals surface area contributed by atoms with Crippen molar-refractivity contribution in [3.63, 3.8) is 0 Å². The number of aromatic nitrogens is 4. The van der Waals surface area contributed by atoms with Crippen LogP contribution in [0.5, 0.6) is 0 Å². The highest BCUT2D eigenvalue weighted by atomic mass is 16.2. The fourth-order valence-electron chi connectivity index (χ4n) is 3.34. The van der Waals surface area contributed by atoms with E-state index in [1.165, 1.54) is 12.8 Å². The molecule has 0 radical (unpaired) electrons. The van der Waals surface area contributed by atoms with Gasteiger partial charge in [0.15, 0.2) is 0 Å². The molecule has 8 nitrogen and oxygen atoms in total. The lowest BCUT2D eigenvalue weighted by molar-refractivity contribution is -0.122. The quantitative estimate of drug-likeness (QED) is 0.817. The molecule has 1 saturated heterocycles. The Bertz CT molecular complexity index is 853. The van der Waals surface area contributed by atoms with E-state index in [9.17, 15) is 9.59 Å². The Labute approximate surface area is 151 Å². The molecule has 2 aliphatic rings. The Morgan fingerprint density at radius 2 is 2.08 bits per heavy atom.